The molecule has 2 rings (SSSR count). The van der Waals surface area contributed by atoms with Crippen molar-refractivity contribution >= 4 is 34.6 Å². The number of carbonyl (C=O) groups excluding carboxylic acids is 2. The van der Waals surface area contributed by atoms with E-state index < -0.39 is 5.60 Å². The molecule has 2 amide bonds. The minimum absolute atomic E-state index is 0.00639. The number of likely N-dealkylation sites (tertiary alicyclic amines) is 1. The van der Waals surface area contributed by atoms with E-state index in [9.17, 15) is 9.59 Å². The molecule has 25 heavy (non-hydrogen) atoms. The summed E-state index contributed by atoms with van der Waals surface area (Å²) in [5, 5.41) is 3.02. The maximum Gasteiger partial charge on any atom is 0.410 e. The molecule has 0 radical (unpaired) electrons. The van der Waals surface area contributed by atoms with Crippen LogP contribution in [-0.2, 0) is 4.74 Å². The van der Waals surface area contributed by atoms with Crippen molar-refractivity contribution in [2.75, 3.05) is 20.2 Å². The van der Waals surface area contributed by atoms with E-state index in [4.69, 9.17) is 9.47 Å². The molecule has 1 saturated heterocycles. The van der Waals surface area contributed by atoms with Crippen molar-refractivity contribution in [2.24, 2.45) is 0 Å². The van der Waals surface area contributed by atoms with E-state index in [1.54, 1.807) is 17.2 Å². The van der Waals surface area contributed by atoms with Crippen LogP contribution in [0.15, 0.2) is 12.3 Å². The number of carbonyl (C=O) groups is 2. The monoisotopic (exact) mass is 461 g/mol. The zero-order chi connectivity index (χ0) is 18.6. The summed E-state index contributed by atoms with van der Waals surface area (Å²) >= 11 is 2.09. The van der Waals surface area contributed by atoms with Gasteiger partial charge in [-0.1, -0.05) is 0 Å². The Morgan fingerprint density at radius 1 is 1.32 bits per heavy atom. The molecule has 0 unspecified atom stereocenters. The summed E-state index contributed by atoms with van der Waals surface area (Å²) in [6.07, 6.45) is 2.67. The molecule has 0 aromatic carbocycles. The molecular weight excluding hydrogens is 437 g/mol. The second kappa shape index (κ2) is 8.20. The van der Waals surface area contributed by atoms with E-state index in [-0.39, 0.29) is 18.0 Å². The molecular formula is C17H24IN3O4. The lowest BCUT2D eigenvalue weighted by Gasteiger charge is -2.33. The van der Waals surface area contributed by atoms with E-state index in [0.29, 0.717) is 37.4 Å². The molecule has 1 aliphatic rings. The van der Waals surface area contributed by atoms with E-state index in [0.717, 1.165) is 3.57 Å². The second-order valence-corrected chi connectivity index (χ2v) is 8.05. The van der Waals surface area contributed by atoms with Crippen molar-refractivity contribution < 1.29 is 19.1 Å². The van der Waals surface area contributed by atoms with Gasteiger partial charge in [-0.2, -0.15) is 0 Å². The molecule has 1 aliphatic heterocycles. The van der Waals surface area contributed by atoms with E-state index in [1.807, 2.05) is 20.8 Å². The molecule has 0 bridgehead atoms. The van der Waals surface area contributed by atoms with E-state index >= 15 is 0 Å². The molecule has 2 heterocycles. The second-order valence-electron chi connectivity index (χ2n) is 6.89. The first kappa shape index (κ1) is 19.7. The number of hydrogen-bond acceptors (Lipinski definition) is 5. The summed E-state index contributed by atoms with van der Waals surface area (Å²) in [6.45, 7) is 6.66. The van der Waals surface area contributed by atoms with Crippen LogP contribution in [-0.4, -0.2) is 53.7 Å². The Hall–Kier alpha value is -1.58. The van der Waals surface area contributed by atoms with Crippen LogP contribution in [0.3, 0.4) is 0 Å². The third-order valence-corrected chi connectivity index (χ3v) is 4.67. The molecule has 1 N–H and O–H groups in total. The van der Waals surface area contributed by atoms with Crippen molar-refractivity contribution in [2.45, 2.75) is 45.3 Å². The maximum atomic E-state index is 12.6. The highest BCUT2D eigenvalue weighted by atomic mass is 127. The van der Waals surface area contributed by atoms with Crippen molar-refractivity contribution in [3.05, 3.63) is 21.4 Å². The smallest absolute Gasteiger partial charge is 0.410 e. The van der Waals surface area contributed by atoms with Crippen LogP contribution < -0.4 is 10.1 Å². The number of methoxy groups -OCH3 is 1. The van der Waals surface area contributed by atoms with Crippen molar-refractivity contribution in [3.63, 3.8) is 0 Å². The minimum Gasteiger partial charge on any atom is -0.480 e. The topological polar surface area (TPSA) is 80.8 Å². The molecule has 138 valence electrons. The van der Waals surface area contributed by atoms with Crippen LogP contribution in [0, 0.1) is 3.57 Å². The third kappa shape index (κ3) is 5.45. The lowest BCUT2D eigenvalue weighted by atomic mass is 10.0. The standard InChI is InChI=1S/C17H24IN3O4/c1-17(2,3)25-16(23)21-9-6-11(7-10-21)20-14(22)13-12(18)5-8-19-15(13)24-4/h5,8,11H,6-7,9-10H2,1-4H3,(H,20,22). The van der Waals surface area contributed by atoms with Crippen LogP contribution in [0.25, 0.3) is 0 Å². The van der Waals surface area contributed by atoms with Crippen LogP contribution in [0.2, 0.25) is 0 Å². The van der Waals surface area contributed by atoms with Gasteiger partial charge in [-0.25, -0.2) is 9.78 Å². The lowest BCUT2D eigenvalue weighted by molar-refractivity contribution is 0.0199. The SMILES string of the molecule is COc1nccc(I)c1C(=O)NC1CCN(C(=O)OC(C)(C)C)CC1. The van der Waals surface area contributed by atoms with Gasteiger partial charge in [0.25, 0.3) is 5.91 Å². The van der Waals surface area contributed by atoms with Crippen LogP contribution in [0.5, 0.6) is 5.88 Å². The van der Waals surface area contributed by atoms with Gasteiger partial charge in [0.05, 0.1) is 7.11 Å². The molecule has 0 atom stereocenters. The number of ether oxygens (including phenoxy) is 2. The van der Waals surface area contributed by atoms with Gasteiger partial charge in [0.15, 0.2) is 0 Å². The summed E-state index contributed by atoms with van der Waals surface area (Å²) in [5.74, 6) is 0.112. The average molecular weight is 461 g/mol. The van der Waals surface area contributed by atoms with Gasteiger partial charge in [0.1, 0.15) is 11.2 Å². The molecule has 1 fully saturated rings. The number of amides is 2. The van der Waals surface area contributed by atoms with Gasteiger partial charge in [-0.15, -0.1) is 0 Å². The Morgan fingerprint density at radius 2 is 1.96 bits per heavy atom. The van der Waals surface area contributed by atoms with Gasteiger partial charge in [-0.05, 0) is 62.3 Å². The Labute approximate surface area is 161 Å². The van der Waals surface area contributed by atoms with Crippen LogP contribution in [0.1, 0.15) is 44.0 Å². The van der Waals surface area contributed by atoms with Crippen molar-refractivity contribution in [3.8, 4) is 5.88 Å². The number of piperidine rings is 1. The summed E-state index contributed by atoms with van der Waals surface area (Å²) in [6, 6.07) is 1.77. The Morgan fingerprint density at radius 3 is 2.52 bits per heavy atom. The summed E-state index contributed by atoms with van der Waals surface area (Å²) in [7, 11) is 1.49. The largest absolute Gasteiger partial charge is 0.480 e. The number of nitrogens with one attached hydrogen (secondary N) is 1. The normalized spacial score (nSPS) is 15.6. The molecule has 0 spiro atoms. The average Bonchev–Trinajstić information content (AvgIpc) is 2.53. The van der Waals surface area contributed by atoms with Crippen LogP contribution in [0.4, 0.5) is 4.79 Å². The Bertz CT molecular complexity index is 637. The number of hydrogen-bond donors (Lipinski definition) is 1. The molecule has 1 aromatic rings. The first-order chi connectivity index (χ1) is 11.7. The molecule has 8 heteroatoms. The fourth-order valence-corrected chi connectivity index (χ4v) is 3.21. The lowest BCUT2D eigenvalue weighted by Crippen LogP contribution is -2.48. The van der Waals surface area contributed by atoms with Gasteiger partial charge in [0, 0.05) is 28.9 Å². The summed E-state index contributed by atoms with van der Waals surface area (Å²) in [5.41, 5.74) is -0.0597. The van der Waals surface area contributed by atoms with E-state index in [1.165, 1.54) is 7.11 Å². The molecule has 0 saturated carbocycles. The molecule has 0 aliphatic carbocycles. The van der Waals surface area contributed by atoms with Gasteiger partial charge < -0.3 is 19.7 Å². The van der Waals surface area contributed by atoms with Gasteiger partial charge >= 0.3 is 6.09 Å². The van der Waals surface area contributed by atoms with Crippen molar-refractivity contribution in [1.82, 2.24) is 15.2 Å². The number of rotatable bonds is 3. The highest BCUT2D eigenvalue weighted by Gasteiger charge is 2.28. The third-order valence-electron chi connectivity index (χ3n) is 3.77. The first-order valence-corrected chi connectivity index (χ1v) is 9.26. The zero-order valence-electron chi connectivity index (χ0n) is 15.0. The predicted octanol–water partition coefficient (Wildman–Crippen LogP) is 2.82. The van der Waals surface area contributed by atoms with Crippen molar-refractivity contribution in [1.29, 1.82) is 0 Å². The number of pyridine rings is 1. The van der Waals surface area contributed by atoms with Crippen LogP contribution >= 0.6 is 22.6 Å². The highest BCUT2D eigenvalue weighted by molar-refractivity contribution is 14.1. The fourth-order valence-electron chi connectivity index (χ4n) is 2.57. The fraction of sp³-hybridized carbons (Fsp3) is 0.588. The molecule has 7 nitrogen and oxygen atoms in total. The minimum atomic E-state index is -0.504. The van der Waals surface area contributed by atoms with Gasteiger partial charge in [0.2, 0.25) is 5.88 Å². The Kier molecular flexibility index (Phi) is 6.47. The zero-order valence-corrected chi connectivity index (χ0v) is 17.1. The highest BCUT2D eigenvalue weighted by Crippen LogP contribution is 2.22. The van der Waals surface area contributed by atoms with E-state index in [2.05, 4.69) is 32.9 Å². The number of aromatic nitrogens is 1. The number of halogens is 1. The number of nitrogens with zero attached hydrogens (tertiary/aromatic N) is 2. The van der Waals surface area contributed by atoms with Gasteiger partial charge in [-0.3, -0.25) is 4.79 Å². The summed E-state index contributed by atoms with van der Waals surface area (Å²) < 4.78 is 11.4. The Balaban J connectivity index is 1.92. The first-order valence-electron chi connectivity index (χ1n) is 8.18. The summed E-state index contributed by atoms with van der Waals surface area (Å²) in [4.78, 5) is 30.4. The quantitative estimate of drug-likeness (QED) is 0.701. The molecule has 1 aromatic heterocycles. The maximum absolute atomic E-state index is 12.6. The predicted molar refractivity (Wildman–Crippen MR) is 102 cm³/mol.